The topological polar surface area (TPSA) is 61.6 Å². The molecular formula is C18H21F3N4O2. The average molecular weight is 382 g/mol. The van der Waals surface area contributed by atoms with E-state index in [9.17, 15) is 18.0 Å². The van der Waals surface area contributed by atoms with Gasteiger partial charge in [-0.1, -0.05) is 25.9 Å². The molecule has 0 aliphatic carbocycles. The second-order valence-electron chi connectivity index (χ2n) is 7.40. The molecule has 0 spiro atoms. The van der Waals surface area contributed by atoms with E-state index in [1.807, 2.05) is 20.8 Å². The van der Waals surface area contributed by atoms with Crippen molar-refractivity contribution in [2.75, 3.05) is 23.4 Å². The van der Waals surface area contributed by atoms with Crippen LogP contribution in [0.3, 0.4) is 0 Å². The predicted octanol–water partition coefficient (Wildman–Crippen LogP) is 4.65. The van der Waals surface area contributed by atoms with E-state index in [2.05, 4.69) is 10.5 Å². The molecule has 1 aliphatic heterocycles. The van der Waals surface area contributed by atoms with E-state index < -0.39 is 17.8 Å². The Morgan fingerprint density at radius 3 is 2.37 bits per heavy atom. The molecule has 1 aliphatic rings. The van der Waals surface area contributed by atoms with Crippen molar-refractivity contribution in [2.24, 2.45) is 0 Å². The maximum absolute atomic E-state index is 12.7. The number of hydrogen-bond donors (Lipinski definition) is 1. The lowest BCUT2D eigenvalue weighted by molar-refractivity contribution is -0.137. The van der Waals surface area contributed by atoms with Crippen LogP contribution in [-0.4, -0.2) is 29.3 Å². The highest BCUT2D eigenvalue weighted by molar-refractivity contribution is 5.89. The van der Waals surface area contributed by atoms with Crippen molar-refractivity contribution >= 4 is 17.5 Å². The number of hydrogen-bond acceptors (Lipinski definition) is 4. The first kappa shape index (κ1) is 19.1. The smallest absolute Gasteiger partial charge is 0.359 e. The zero-order chi connectivity index (χ0) is 19.8. The molecule has 0 saturated carbocycles. The number of amides is 2. The second-order valence-corrected chi connectivity index (χ2v) is 7.40. The van der Waals surface area contributed by atoms with E-state index in [0.29, 0.717) is 36.8 Å². The molecule has 0 bridgehead atoms. The van der Waals surface area contributed by atoms with Crippen LogP contribution in [0, 0.1) is 0 Å². The third-order valence-electron chi connectivity index (χ3n) is 4.24. The van der Waals surface area contributed by atoms with Crippen molar-refractivity contribution in [3.05, 3.63) is 41.7 Å². The number of nitrogens with one attached hydrogen (secondary N) is 1. The quantitative estimate of drug-likeness (QED) is 0.821. The van der Waals surface area contributed by atoms with Gasteiger partial charge in [0, 0.05) is 24.6 Å². The number of nitrogens with zero attached hydrogens (tertiary/aromatic N) is 3. The standard InChI is InChI=1S/C18H21F3N4O2/c1-17(2,3)14-11-15(23-27-14)22-16(26)25-10-4-9-24(25)13-7-5-12(6-8-13)18(19,20)21/h5-8,11H,4,9-10H2,1-3H3,(H,22,23,26). The minimum Gasteiger partial charge on any atom is -0.359 e. The molecule has 9 heteroatoms. The van der Waals surface area contributed by atoms with Crippen LogP contribution in [0.5, 0.6) is 0 Å². The summed E-state index contributed by atoms with van der Waals surface area (Å²) in [6, 6.07) is 6.00. The second kappa shape index (κ2) is 6.79. The number of carbonyl (C=O) groups excluding carboxylic acids is 1. The van der Waals surface area contributed by atoms with Crippen LogP contribution in [0.25, 0.3) is 0 Å². The molecule has 27 heavy (non-hydrogen) atoms. The van der Waals surface area contributed by atoms with Gasteiger partial charge in [-0.15, -0.1) is 0 Å². The first-order valence-corrected chi connectivity index (χ1v) is 8.56. The maximum Gasteiger partial charge on any atom is 0.416 e. The highest BCUT2D eigenvalue weighted by Gasteiger charge is 2.32. The van der Waals surface area contributed by atoms with Crippen molar-refractivity contribution in [1.29, 1.82) is 0 Å². The Bertz CT molecular complexity index is 809. The van der Waals surface area contributed by atoms with Gasteiger partial charge in [0.1, 0.15) is 5.76 Å². The van der Waals surface area contributed by atoms with E-state index in [1.165, 1.54) is 17.1 Å². The third kappa shape index (κ3) is 4.17. The summed E-state index contributed by atoms with van der Waals surface area (Å²) in [7, 11) is 0. The molecule has 0 radical (unpaired) electrons. The van der Waals surface area contributed by atoms with Crippen LogP contribution < -0.4 is 10.3 Å². The van der Waals surface area contributed by atoms with Gasteiger partial charge in [0.05, 0.1) is 11.3 Å². The largest absolute Gasteiger partial charge is 0.416 e. The zero-order valence-electron chi connectivity index (χ0n) is 15.3. The Balaban J connectivity index is 1.72. The number of alkyl halides is 3. The van der Waals surface area contributed by atoms with E-state index in [1.54, 1.807) is 11.1 Å². The SMILES string of the molecule is CC(C)(C)c1cc(NC(=O)N2CCCN2c2ccc(C(F)(F)F)cc2)no1. The summed E-state index contributed by atoms with van der Waals surface area (Å²) < 4.78 is 43.4. The number of urea groups is 1. The van der Waals surface area contributed by atoms with Gasteiger partial charge in [-0.3, -0.25) is 10.3 Å². The molecule has 2 aromatic rings. The highest BCUT2D eigenvalue weighted by Crippen LogP contribution is 2.32. The van der Waals surface area contributed by atoms with Crippen LogP contribution in [-0.2, 0) is 11.6 Å². The Hall–Kier alpha value is -2.71. The van der Waals surface area contributed by atoms with Gasteiger partial charge in [-0.2, -0.15) is 13.2 Å². The Morgan fingerprint density at radius 2 is 1.81 bits per heavy atom. The lowest BCUT2D eigenvalue weighted by Crippen LogP contribution is -2.43. The summed E-state index contributed by atoms with van der Waals surface area (Å²) in [5, 5.41) is 9.63. The lowest BCUT2D eigenvalue weighted by atomic mass is 9.93. The first-order valence-electron chi connectivity index (χ1n) is 8.56. The third-order valence-corrected chi connectivity index (χ3v) is 4.24. The lowest BCUT2D eigenvalue weighted by Gasteiger charge is -2.29. The average Bonchev–Trinajstić information content (AvgIpc) is 3.22. The molecule has 2 heterocycles. The summed E-state index contributed by atoms with van der Waals surface area (Å²) in [5.74, 6) is 0.933. The summed E-state index contributed by atoms with van der Waals surface area (Å²) in [6.07, 6.45) is -3.68. The number of halogens is 3. The molecule has 6 nitrogen and oxygen atoms in total. The van der Waals surface area contributed by atoms with Gasteiger partial charge in [-0.05, 0) is 30.7 Å². The summed E-state index contributed by atoms with van der Waals surface area (Å²) >= 11 is 0. The molecule has 1 N–H and O–H groups in total. The van der Waals surface area contributed by atoms with Crippen molar-refractivity contribution < 1.29 is 22.5 Å². The minimum atomic E-state index is -4.39. The van der Waals surface area contributed by atoms with Gasteiger partial charge in [0.25, 0.3) is 0 Å². The Labute approximate surface area is 154 Å². The van der Waals surface area contributed by atoms with E-state index in [0.717, 1.165) is 12.1 Å². The molecule has 0 unspecified atom stereocenters. The normalized spacial score (nSPS) is 15.3. The number of carbonyl (C=O) groups is 1. The fraction of sp³-hybridized carbons (Fsp3) is 0.444. The van der Waals surface area contributed by atoms with Crippen molar-refractivity contribution in [2.45, 2.75) is 38.8 Å². The maximum atomic E-state index is 12.7. The number of benzene rings is 1. The number of hydrazine groups is 1. The first-order chi connectivity index (χ1) is 12.6. The van der Waals surface area contributed by atoms with Crippen molar-refractivity contribution in [3.8, 4) is 0 Å². The summed E-state index contributed by atoms with van der Waals surface area (Å²) in [5.41, 5.74) is -0.444. The van der Waals surface area contributed by atoms with Gasteiger partial charge in [-0.25, -0.2) is 9.80 Å². The fourth-order valence-electron chi connectivity index (χ4n) is 2.78. The highest BCUT2D eigenvalue weighted by atomic mass is 19.4. The van der Waals surface area contributed by atoms with E-state index >= 15 is 0 Å². The molecule has 2 amide bonds. The molecule has 1 fully saturated rings. The van der Waals surface area contributed by atoms with E-state index in [-0.39, 0.29) is 5.41 Å². The number of rotatable bonds is 2. The van der Waals surface area contributed by atoms with Crippen LogP contribution in [0.4, 0.5) is 29.5 Å². The molecule has 146 valence electrons. The summed E-state index contributed by atoms with van der Waals surface area (Å²) in [4.78, 5) is 12.6. The van der Waals surface area contributed by atoms with E-state index in [4.69, 9.17) is 4.52 Å². The molecule has 0 atom stereocenters. The van der Waals surface area contributed by atoms with Gasteiger partial charge < -0.3 is 4.52 Å². The molecule has 1 aromatic carbocycles. The van der Waals surface area contributed by atoms with Gasteiger partial charge in [0.2, 0.25) is 0 Å². The molecular weight excluding hydrogens is 361 g/mol. The number of aromatic nitrogens is 1. The van der Waals surface area contributed by atoms with Crippen LogP contribution in [0.1, 0.15) is 38.5 Å². The van der Waals surface area contributed by atoms with Crippen molar-refractivity contribution in [1.82, 2.24) is 10.2 Å². The van der Waals surface area contributed by atoms with Crippen LogP contribution >= 0.6 is 0 Å². The molecule has 3 rings (SSSR count). The minimum absolute atomic E-state index is 0.240. The fourth-order valence-corrected chi connectivity index (χ4v) is 2.78. The Kier molecular flexibility index (Phi) is 4.79. The zero-order valence-corrected chi connectivity index (χ0v) is 15.3. The van der Waals surface area contributed by atoms with Gasteiger partial charge in [0.15, 0.2) is 5.82 Å². The Morgan fingerprint density at radius 1 is 1.15 bits per heavy atom. The molecule has 1 saturated heterocycles. The van der Waals surface area contributed by atoms with Gasteiger partial charge >= 0.3 is 12.2 Å². The predicted molar refractivity (Wildman–Crippen MR) is 94.3 cm³/mol. The molecule has 1 aromatic heterocycles. The van der Waals surface area contributed by atoms with Crippen LogP contribution in [0.15, 0.2) is 34.9 Å². The van der Waals surface area contributed by atoms with Crippen molar-refractivity contribution in [3.63, 3.8) is 0 Å². The summed E-state index contributed by atoms with van der Waals surface area (Å²) in [6.45, 7) is 6.88. The number of anilines is 2. The monoisotopic (exact) mass is 382 g/mol. The van der Waals surface area contributed by atoms with Crippen LogP contribution in [0.2, 0.25) is 0 Å².